The van der Waals surface area contributed by atoms with E-state index in [1.807, 2.05) is 6.92 Å². The maximum Gasteiger partial charge on any atom is 0.374 e. The molecule has 0 aliphatic carbocycles. The predicted molar refractivity (Wildman–Crippen MR) is 121 cm³/mol. The lowest BCUT2D eigenvalue weighted by molar-refractivity contribution is -0.116. The molecule has 0 atom stereocenters. The molecule has 0 aliphatic heterocycles. The molecule has 0 radical (unpaired) electrons. The molecule has 1 N–H and O–H groups in total. The Balaban J connectivity index is 1.60. The first kappa shape index (κ1) is 23.9. The molecule has 9 heteroatoms. The lowest BCUT2D eigenvalue weighted by atomic mass is 10.1. The number of sulfone groups is 1. The van der Waals surface area contributed by atoms with Crippen LogP contribution in [-0.4, -0.2) is 32.7 Å². The van der Waals surface area contributed by atoms with E-state index < -0.39 is 33.9 Å². The van der Waals surface area contributed by atoms with Crippen molar-refractivity contribution in [2.45, 2.75) is 30.4 Å². The first-order valence-corrected chi connectivity index (χ1v) is 11.9. The van der Waals surface area contributed by atoms with E-state index in [0.29, 0.717) is 17.7 Å². The zero-order valence-corrected chi connectivity index (χ0v) is 18.8. The van der Waals surface area contributed by atoms with Gasteiger partial charge in [-0.25, -0.2) is 13.2 Å². The van der Waals surface area contributed by atoms with Crippen molar-refractivity contribution in [1.82, 2.24) is 0 Å². The number of esters is 1. The number of benzene rings is 2. The number of ether oxygens (including phenoxy) is 1. The minimum Gasteiger partial charge on any atom is -0.457 e. The third-order valence-electron chi connectivity index (χ3n) is 4.68. The van der Waals surface area contributed by atoms with Crippen LogP contribution in [0.15, 0.2) is 76.2 Å². The second kappa shape index (κ2) is 10.7. The highest BCUT2D eigenvalue weighted by molar-refractivity contribution is 7.90. The lowest BCUT2D eigenvalue weighted by Crippen LogP contribution is -2.16. The quantitative estimate of drug-likeness (QED) is 0.352. The van der Waals surface area contributed by atoms with Crippen molar-refractivity contribution in [2.75, 3.05) is 11.9 Å². The Kier molecular flexibility index (Phi) is 7.78. The molecule has 0 bridgehead atoms. The Morgan fingerprint density at radius 3 is 2.33 bits per heavy atom. The van der Waals surface area contributed by atoms with Crippen LogP contribution in [0.5, 0.6) is 0 Å². The van der Waals surface area contributed by atoms with Gasteiger partial charge in [-0.2, -0.15) is 0 Å². The topological polar surface area (TPSA) is 120 Å². The third-order valence-corrected chi connectivity index (χ3v) is 6.36. The molecule has 1 aromatic heterocycles. The summed E-state index contributed by atoms with van der Waals surface area (Å²) in [5.41, 5.74) is 0.993. The monoisotopic (exact) mass is 469 g/mol. The van der Waals surface area contributed by atoms with Gasteiger partial charge >= 0.3 is 5.97 Å². The molecule has 0 saturated carbocycles. The molecule has 0 aliphatic rings. The highest BCUT2D eigenvalue weighted by atomic mass is 32.2. The van der Waals surface area contributed by atoms with Crippen LogP contribution in [0.25, 0.3) is 0 Å². The van der Waals surface area contributed by atoms with Crippen molar-refractivity contribution < 1.29 is 32.0 Å². The lowest BCUT2D eigenvalue weighted by Gasteiger charge is -2.07. The fourth-order valence-corrected chi connectivity index (χ4v) is 4.39. The number of carbonyl (C=O) groups is 3. The number of nitrogens with one attached hydrogen (secondary N) is 1. The summed E-state index contributed by atoms with van der Waals surface area (Å²) in [7, 11) is -3.69. The number of furan rings is 1. The second-order valence-corrected chi connectivity index (χ2v) is 9.21. The van der Waals surface area contributed by atoms with Crippen LogP contribution in [0.3, 0.4) is 0 Å². The van der Waals surface area contributed by atoms with E-state index in [0.717, 1.165) is 6.42 Å². The van der Waals surface area contributed by atoms with E-state index in [1.165, 1.54) is 36.6 Å². The molecule has 33 heavy (non-hydrogen) atoms. The zero-order chi connectivity index (χ0) is 23.8. The first-order chi connectivity index (χ1) is 15.8. The van der Waals surface area contributed by atoms with E-state index in [4.69, 9.17) is 9.15 Å². The fraction of sp³-hybridized carbons (Fsp3) is 0.208. The number of hydrogen-bond acceptors (Lipinski definition) is 7. The summed E-state index contributed by atoms with van der Waals surface area (Å²) >= 11 is 0. The van der Waals surface area contributed by atoms with Crippen LogP contribution in [-0.2, 0) is 25.1 Å². The van der Waals surface area contributed by atoms with Gasteiger partial charge in [-0.1, -0.05) is 25.1 Å². The van der Waals surface area contributed by atoms with Gasteiger partial charge in [-0.15, -0.1) is 0 Å². The van der Waals surface area contributed by atoms with Crippen LogP contribution < -0.4 is 5.32 Å². The van der Waals surface area contributed by atoms with Gasteiger partial charge in [0, 0.05) is 23.2 Å². The minimum absolute atomic E-state index is 0.117. The van der Waals surface area contributed by atoms with Crippen LogP contribution in [0.2, 0.25) is 0 Å². The average Bonchev–Trinajstić information content (AvgIpc) is 3.26. The molecule has 8 nitrogen and oxygen atoms in total. The number of Topliss-reactive ketones (excluding diaryl/α,β-unsaturated/α-hetero) is 1. The van der Waals surface area contributed by atoms with E-state index in [-0.39, 0.29) is 22.1 Å². The van der Waals surface area contributed by atoms with Gasteiger partial charge in [-0.3, -0.25) is 9.59 Å². The minimum atomic E-state index is -3.69. The summed E-state index contributed by atoms with van der Waals surface area (Å²) in [5, 5.41) is 2.72. The third kappa shape index (κ3) is 6.39. The summed E-state index contributed by atoms with van der Waals surface area (Å²) in [4.78, 5) is 36.5. The molecule has 0 saturated heterocycles. The Hall–Kier alpha value is -3.72. The van der Waals surface area contributed by atoms with Crippen LogP contribution in [0.1, 0.15) is 46.2 Å². The molecule has 0 fully saturated rings. The van der Waals surface area contributed by atoms with Crippen molar-refractivity contribution in [3.63, 3.8) is 0 Å². The number of amides is 1. The standard InChI is InChI=1S/C24H23NO7S/c1-2-6-22(27)25-19-11-9-17(10-12-19)21(26)15-32-24(28)23-18(13-14-31-23)16-33(29,30)20-7-4-3-5-8-20/h3-5,7-14H,2,6,15-16H2,1H3,(H,25,27). The van der Waals surface area contributed by atoms with E-state index in [9.17, 15) is 22.8 Å². The molecule has 2 aromatic carbocycles. The molecule has 3 aromatic rings. The Bertz CT molecular complexity index is 1230. The normalized spacial score (nSPS) is 11.1. The molecular formula is C24H23NO7S. The average molecular weight is 470 g/mol. The second-order valence-electron chi connectivity index (χ2n) is 7.22. The van der Waals surface area contributed by atoms with Crippen LogP contribution in [0, 0.1) is 0 Å². The number of hydrogen-bond donors (Lipinski definition) is 1. The Labute approximate surface area is 191 Å². The maximum absolute atomic E-state index is 12.6. The molecule has 1 amide bonds. The van der Waals surface area contributed by atoms with Gasteiger partial charge in [0.15, 0.2) is 22.2 Å². The van der Waals surface area contributed by atoms with Crippen LogP contribution in [0.4, 0.5) is 5.69 Å². The molecule has 0 spiro atoms. The highest BCUT2D eigenvalue weighted by Crippen LogP contribution is 2.21. The summed E-state index contributed by atoms with van der Waals surface area (Å²) in [6.07, 6.45) is 2.32. The molecule has 3 rings (SSSR count). The van der Waals surface area contributed by atoms with Gasteiger partial charge < -0.3 is 14.5 Å². The predicted octanol–water partition coefficient (Wildman–Crippen LogP) is 4.03. The number of ketones is 1. The van der Waals surface area contributed by atoms with Crippen molar-refractivity contribution in [3.8, 4) is 0 Å². The van der Waals surface area contributed by atoms with Gasteiger partial charge in [0.2, 0.25) is 11.7 Å². The summed E-state index contributed by atoms with van der Waals surface area (Å²) in [5.74, 6) is -2.22. The molecular weight excluding hydrogens is 446 g/mol. The molecule has 0 unspecified atom stereocenters. The van der Waals surface area contributed by atoms with Gasteiger partial charge in [0.1, 0.15) is 0 Å². The number of carbonyl (C=O) groups excluding carboxylic acids is 3. The van der Waals surface area contributed by atoms with E-state index >= 15 is 0 Å². The summed E-state index contributed by atoms with van der Waals surface area (Å²) < 4.78 is 35.3. The van der Waals surface area contributed by atoms with Gasteiger partial charge in [0.25, 0.3) is 0 Å². The highest BCUT2D eigenvalue weighted by Gasteiger charge is 2.24. The Morgan fingerprint density at radius 1 is 0.970 bits per heavy atom. The SMILES string of the molecule is CCCC(=O)Nc1ccc(C(=O)COC(=O)c2occc2CS(=O)(=O)c2ccccc2)cc1. The fourth-order valence-electron chi connectivity index (χ4n) is 3.01. The van der Waals surface area contributed by atoms with E-state index in [2.05, 4.69) is 5.32 Å². The van der Waals surface area contributed by atoms with Gasteiger partial charge in [-0.05, 0) is 48.9 Å². The zero-order valence-electron chi connectivity index (χ0n) is 17.9. The van der Waals surface area contributed by atoms with E-state index in [1.54, 1.807) is 30.3 Å². The summed E-state index contributed by atoms with van der Waals surface area (Å²) in [6.45, 7) is 1.35. The Morgan fingerprint density at radius 2 is 1.67 bits per heavy atom. The van der Waals surface area contributed by atoms with Crippen molar-refractivity contribution >= 4 is 33.2 Å². The van der Waals surface area contributed by atoms with Crippen LogP contribution >= 0.6 is 0 Å². The number of anilines is 1. The number of rotatable bonds is 10. The largest absolute Gasteiger partial charge is 0.457 e. The maximum atomic E-state index is 12.6. The van der Waals surface area contributed by atoms with Crippen molar-refractivity contribution in [1.29, 1.82) is 0 Å². The van der Waals surface area contributed by atoms with Crippen molar-refractivity contribution in [2.24, 2.45) is 0 Å². The smallest absolute Gasteiger partial charge is 0.374 e. The molecule has 172 valence electrons. The first-order valence-electron chi connectivity index (χ1n) is 10.2. The summed E-state index contributed by atoms with van der Waals surface area (Å²) in [6, 6.07) is 15.4. The molecule has 1 heterocycles. The van der Waals surface area contributed by atoms with Crippen molar-refractivity contribution in [3.05, 3.63) is 83.8 Å². The van der Waals surface area contributed by atoms with Gasteiger partial charge in [0.05, 0.1) is 16.9 Å².